The number of aromatic nitrogens is 2. The fourth-order valence-electron chi connectivity index (χ4n) is 2.45. The maximum atomic E-state index is 11.8. The molecule has 1 aliphatic heterocycles. The van der Waals surface area contributed by atoms with E-state index >= 15 is 0 Å². The van der Waals surface area contributed by atoms with E-state index in [2.05, 4.69) is 9.97 Å². The number of nitrogens with zero attached hydrogens (tertiary/aromatic N) is 5. The molecule has 2 heterocycles. The van der Waals surface area contributed by atoms with Gasteiger partial charge in [-0.1, -0.05) is 0 Å². The fourth-order valence-corrected chi connectivity index (χ4v) is 2.45. The van der Waals surface area contributed by atoms with Gasteiger partial charge in [0.25, 0.3) is 0 Å². The van der Waals surface area contributed by atoms with Gasteiger partial charge in [0.2, 0.25) is 5.91 Å². The molecule has 0 saturated carbocycles. The Balaban J connectivity index is 2.13. The number of hydrogen-bond donors (Lipinski definition) is 1. The number of nitriles is 1. The molecule has 21 heavy (non-hydrogen) atoms. The van der Waals surface area contributed by atoms with Crippen LogP contribution in [-0.2, 0) is 4.79 Å². The van der Waals surface area contributed by atoms with Crippen LogP contribution in [0.25, 0.3) is 0 Å². The highest BCUT2D eigenvalue weighted by Crippen LogP contribution is 2.27. The summed E-state index contributed by atoms with van der Waals surface area (Å²) in [5.74, 6) is 0.459. The molecule has 1 fully saturated rings. The van der Waals surface area contributed by atoms with Gasteiger partial charge in [-0.25, -0.2) is 4.98 Å². The molecule has 0 radical (unpaired) electrons. The smallest absolute Gasteiger partial charge is 0.225 e. The van der Waals surface area contributed by atoms with Crippen LogP contribution in [0.5, 0.6) is 0 Å². The maximum absolute atomic E-state index is 11.8. The second-order valence-corrected chi connectivity index (χ2v) is 5.59. The van der Waals surface area contributed by atoms with Gasteiger partial charge in [-0.2, -0.15) is 5.26 Å². The van der Waals surface area contributed by atoms with Gasteiger partial charge in [0.05, 0.1) is 24.4 Å². The highest BCUT2D eigenvalue weighted by Gasteiger charge is 2.36. The number of amides is 1. The molecule has 1 N–H and O–H groups in total. The van der Waals surface area contributed by atoms with E-state index in [1.165, 1.54) is 11.1 Å². The van der Waals surface area contributed by atoms with Crippen molar-refractivity contribution in [3.05, 3.63) is 18.1 Å². The normalized spacial score (nSPS) is 21.7. The van der Waals surface area contributed by atoms with Crippen molar-refractivity contribution in [2.75, 3.05) is 32.1 Å². The van der Waals surface area contributed by atoms with E-state index in [1.807, 2.05) is 11.0 Å². The summed E-state index contributed by atoms with van der Waals surface area (Å²) in [7, 11) is 3.35. The molecule has 7 heteroatoms. The molecule has 1 aliphatic rings. The lowest BCUT2D eigenvalue weighted by Gasteiger charge is -2.39. The molecule has 0 aromatic carbocycles. The van der Waals surface area contributed by atoms with Crippen molar-refractivity contribution in [1.82, 2.24) is 14.9 Å². The Morgan fingerprint density at radius 2 is 2.33 bits per heavy atom. The largest absolute Gasteiger partial charge is 0.388 e. The molecule has 2 rings (SSSR count). The molecule has 0 bridgehead atoms. The number of carbonyl (C=O) groups excluding carboxylic acids is 1. The molecule has 1 aromatic heterocycles. The zero-order valence-electron chi connectivity index (χ0n) is 12.3. The first-order chi connectivity index (χ1) is 9.93. The van der Waals surface area contributed by atoms with E-state index in [0.717, 1.165) is 13.0 Å². The van der Waals surface area contributed by atoms with Gasteiger partial charge >= 0.3 is 0 Å². The zero-order chi connectivity index (χ0) is 15.5. The second kappa shape index (κ2) is 6.06. The Morgan fingerprint density at radius 1 is 1.57 bits per heavy atom. The molecule has 0 aliphatic carbocycles. The van der Waals surface area contributed by atoms with Crippen LogP contribution >= 0.6 is 0 Å². The Hall–Kier alpha value is -2.20. The summed E-state index contributed by atoms with van der Waals surface area (Å²) in [6, 6.07) is 1.95. The van der Waals surface area contributed by atoms with Crippen LogP contribution in [0, 0.1) is 11.3 Å². The summed E-state index contributed by atoms with van der Waals surface area (Å²) in [5, 5.41) is 19.5. The Bertz CT molecular complexity index is 569. The number of rotatable bonds is 3. The second-order valence-electron chi connectivity index (χ2n) is 5.59. The number of piperidine rings is 1. The molecular formula is C14H19N5O2. The van der Waals surface area contributed by atoms with Crippen LogP contribution in [0.4, 0.5) is 5.82 Å². The number of carbonyl (C=O) groups is 1. The van der Waals surface area contributed by atoms with E-state index < -0.39 is 5.60 Å². The van der Waals surface area contributed by atoms with Crippen molar-refractivity contribution in [3.8, 4) is 6.07 Å². The predicted octanol–water partition coefficient (Wildman–Crippen LogP) is 0.158. The SMILES string of the molecule is CN(C)C(=O)CC1(O)CCCN(c2cncc(C#N)n2)C1. The van der Waals surface area contributed by atoms with E-state index in [0.29, 0.717) is 18.8 Å². The number of β-amino-alcohol motifs (C(OH)–C–C–N with tert-alkyl or cyclic N) is 1. The molecule has 1 saturated heterocycles. The highest BCUT2D eigenvalue weighted by molar-refractivity contribution is 5.76. The summed E-state index contributed by atoms with van der Waals surface area (Å²) < 4.78 is 0. The monoisotopic (exact) mass is 289 g/mol. The predicted molar refractivity (Wildman–Crippen MR) is 76.5 cm³/mol. The van der Waals surface area contributed by atoms with E-state index in [1.54, 1.807) is 20.3 Å². The molecule has 112 valence electrons. The Labute approximate surface area is 123 Å². The first kappa shape index (κ1) is 15.2. The minimum absolute atomic E-state index is 0.0852. The number of hydrogen-bond acceptors (Lipinski definition) is 6. The summed E-state index contributed by atoms with van der Waals surface area (Å²) in [6.07, 6.45) is 4.39. The maximum Gasteiger partial charge on any atom is 0.225 e. The minimum Gasteiger partial charge on any atom is -0.388 e. The summed E-state index contributed by atoms with van der Waals surface area (Å²) in [5.41, 5.74) is -0.824. The lowest BCUT2D eigenvalue weighted by molar-refractivity contribution is -0.134. The summed E-state index contributed by atoms with van der Waals surface area (Å²) in [6.45, 7) is 1.04. The van der Waals surface area contributed by atoms with Gasteiger partial charge < -0.3 is 14.9 Å². The Kier molecular flexibility index (Phi) is 4.38. The molecule has 1 aromatic rings. The third kappa shape index (κ3) is 3.67. The van der Waals surface area contributed by atoms with Gasteiger partial charge in [-0.3, -0.25) is 9.78 Å². The van der Waals surface area contributed by atoms with Crippen LogP contribution in [0.15, 0.2) is 12.4 Å². The van der Waals surface area contributed by atoms with Crippen LogP contribution < -0.4 is 4.90 Å². The van der Waals surface area contributed by atoms with Crippen molar-refractivity contribution in [1.29, 1.82) is 5.26 Å². The first-order valence-electron chi connectivity index (χ1n) is 6.83. The van der Waals surface area contributed by atoms with Gasteiger partial charge in [0.15, 0.2) is 5.69 Å². The van der Waals surface area contributed by atoms with Crippen LogP contribution in [-0.4, -0.2) is 58.7 Å². The third-order valence-corrected chi connectivity index (χ3v) is 3.59. The zero-order valence-corrected chi connectivity index (χ0v) is 12.3. The van der Waals surface area contributed by atoms with Crippen LogP contribution in [0.3, 0.4) is 0 Å². The van der Waals surface area contributed by atoms with Gasteiger partial charge in [-0.15, -0.1) is 0 Å². The van der Waals surface area contributed by atoms with Crippen molar-refractivity contribution < 1.29 is 9.90 Å². The topological polar surface area (TPSA) is 93.4 Å². The van der Waals surface area contributed by atoms with Crippen LogP contribution in [0.2, 0.25) is 0 Å². The summed E-state index contributed by atoms with van der Waals surface area (Å²) >= 11 is 0. The lowest BCUT2D eigenvalue weighted by atomic mass is 9.89. The van der Waals surface area contributed by atoms with Crippen molar-refractivity contribution in [3.63, 3.8) is 0 Å². The van der Waals surface area contributed by atoms with E-state index in [-0.39, 0.29) is 18.0 Å². The average molecular weight is 289 g/mol. The number of anilines is 1. The molecule has 7 nitrogen and oxygen atoms in total. The lowest BCUT2D eigenvalue weighted by Crippen LogP contribution is -2.50. The quantitative estimate of drug-likeness (QED) is 0.852. The fraction of sp³-hybridized carbons (Fsp3) is 0.571. The van der Waals surface area contributed by atoms with Crippen LogP contribution in [0.1, 0.15) is 25.0 Å². The van der Waals surface area contributed by atoms with E-state index in [9.17, 15) is 9.90 Å². The first-order valence-corrected chi connectivity index (χ1v) is 6.83. The Morgan fingerprint density at radius 3 is 3.00 bits per heavy atom. The molecule has 1 atom stereocenters. The van der Waals surface area contributed by atoms with E-state index in [4.69, 9.17) is 5.26 Å². The van der Waals surface area contributed by atoms with Gasteiger partial charge in [-0.05, 0) is 12.8 Å². The standard InChI is InChI=1S/C14H19N5O2/c1-18(2)13(20)6-14(21)4-3-5-19(10-14)12-9-16-8-11(7-15)17-12/h8-9,21H,3-6,10H2,1-2H3. The summed E-state index contributed by atoms with van der Waals surface area (Å²) in [4.78, 5) is 23.4. The number of aliphatic hydroxyl groups is 1. The van der Waals surface area contributed by atoms with Gasteiger partial charge in [0, 0.05) is 27.2 Å². The molecule has 0 spiro atoms. The third-order valence-electron chi connectivity index (χ3n) is 3.59. The molecular weight excluding hydrogens is 270 g/mol. The minimum atomic E-state index is -1.07. The highest BCUT2D eigenvalue weighted by atomic mass is 16.3. The van der Waals surface area contributed by atoms with Crippen molar-refractivity contribution in [2.24, 2.45) is 0 Å². The van der Waals surface area contributed by atoms with Gasteiger partial charge in [0.1, 0.15) is 11.9 Å². The van der Waals surface area contributed by atoms with Crippen molar-refractivity contribution in [2.45, 2.75) is 24.9 Å². The molecule has 1 amide bonds. The average Bonchev–Trinajstić information content (AvgIpc) is 2.46. The molecule has 1 unspecified atom stereocenters. The van der Waals surface area contributed by atoms with Crippen molar-refractivity contribution >= 4 is 11.7 Å².